The summed E-state index contributed by atoms with van der Waals surface area (Å²) in [5, 5.41) is 0. The predicted octanol–water partition coefficient (Wildman–Crippen LogP) is 3.44. The molecule has 0 spiro atoms. The molecule has 0 heterocycles. The van der Waals surface area contributed by atoms with E-state index >= 15 is 0 Å². The van der Waals surface area contributed by atoms with Crippen LogP contribution in [-0.4, -0.2) is 12.6 Å². The van der Waals surface area contributed by atoms with E-state index in [1.54, 1.807) is 0 Å². The van der Waals surface area contributed by atoms with Crippen molar-refractivity contribution in [2.45, 2.75) is 40.0 Å². The number of hydrogen-bond acceptors (Lipinski definition) is 2. The Morgan fingerprint density at radius 1 is 1.06 bits per heavy atom. The lowest BCUT2D eigenvalue weighted by Crippen LogP contribution is -1.84. The fourth-order valence-corrected chi connectivity index (χ4v) is 1.03. The van der Waals surface area contributed by atoms with E-state index < -0.39 is 0 Å². The Morgan fingerprint density at radius 3 is 2.00 bits per heavy atom. The highest BCUT2D eigenvalue weighted by atomic mass is 16.1. The maximum absolute atomic E-state index is 10.00. The van der Waals surface area contributed by atoms with Crippen LogP contribution in [0.1, 0.15) is 39.2 Å². The first-order valence-electron chi connectivity index (χ1n) is 5.72. The van der Waals surface area contributed by atoms with Crippen LogP contribution in [0.4, 0.5) is 0 Å². The molecule has 0 aromatic heterocycles. The Kier molecular flexibility index (Phi) is 17.0. The summed E-state index contributed by atoms with van der Waals surface area (Å²) in [5.41, 5.74) is 1.31. The third-order valence-corrected chi connectivity index (χ3v) is 1.63. The molecule has 0 aliphatic heterocycles. The smallest absolute Gasteiger partial charge is 0.120 e. The van der Waals surface area contributed by atoms with Crippen molar-refractivity contribution in [3.8, 4) is 0 Å². The number of carbonyl (C=O) groups is 2. The molecular formula is C14H22O2. The maximum Gasteiger partial charge on any atom is 0.120 e. The molecule has 1 rings (SSSR count). The van der Waals surface area contributed by atoms with Gasteiger partial charge in [-0.1, -0.05) is 44.2 Å². The zero-order valence-electron chi connectivity index (χ0n) is 10.5. The monoisotopic (exact) mass is 222 g/mol. The van der Waals surface area contributed by atoms with Gasteiger partial charge in [-0.05, 0) is 25.3 Å². The summed E-state index contributed by atoms with van der Waals surface area (Å²) in [6, 6.07) is 10.2. The minimum atomic E-state index is 0.675. The molecule has 2 heteroatoms. The molecule has 0 aliphatic carbocycles. The second-order valence-corrected chi connectivity index (χ2v) is 2.78. The first-order chi connectivity index (χ1) is 7.85. The fourth-order valence-electron chi connectivity index (χ4n) is 1.03. The summed E-state index contributed by atoms with van der Waals surface area (Å²) >= 11 is 0. The van der Waals surface area contributed by atoms with Gasteiger partial charge < -0.3 is 9.59 Å². The number of hydrogen-bond donors (Lipinski definition) is 0. The molecule has 0 saturated heterocycles. The van der Waals surface area contributed by atoms with E-state index in [-0.39, 0.29) is 0 Å². The van der Waals surface area contributed by atoms with Crippen LogP contribution in [-0.2, 0) is 16.0 Å². The van der Waals surface area contributed by atoms with Crippen LogP contribution >= 0.6 is 0 Å². The third kappa shape index (κ3) is 12.6. The molecule has 0 unspecified atom stereocenters. The molecule has 0 aliphatic rings. The summed E-state index contributed by atoms with van der Waals surface area (Å²) in [6.07, 6.45) is 4.38. The van der Waals surface area contributed by atoms with Crippen LogP contribution < -0.4 is 0 Å². The van der Waals surface area contributed by atoms with Gasteiger partial charge in [0.25, 0.3) is 0 Å². The Balaban J connectivity index is 0. The highest BCUT2D eigenvalue weighted by Crippen LogP contribution is 2.02. The van der Waals surface area contributed by atoms with E-state index in [9.17, 15) is 4.79 Å². The molecule has 1 aromatic carbocycles. The van der Waals surface area contributed by atoms with Crippen molar-refractivity contribution in [3.05, 3.63) is 35.9 Å². The van der Waals surface area contributed by atoms with Gasteiger partial charge in [0.05, 0.1) is 0 Å². The summed E-state index contributed by atoms with van der Waals surface area (Å²) in [4.78, 5) is 18.8. The van der Waals surface area contributed by atoms with E-state index in [2.05, 4.69) is 12.1 Å². The van der Waals surface area contributed by atoms with E-state index in [1.807, 2.05) is 32.0 Å². The minimum Gasteiger partial charge on any atom is -0.304 e. The van der Waals surface area contributed by atoms with E-state index in [4.69, 9.17) is 4.79 Å². The highest BCUT2D eigenvalue weighted by molar-refractivity contribution is 5.49. The van der Waals surface area contributed by atoms with Crippen LogP contribution in [0.25, 0.3) is 0 Å². The van der Waals surface area contributed by atoms with E-state index in [1.165, 1.54) is 12.5 Å². The standard InChI is InChI=1S/C10H12O.C2H4O.C2H6/c11-9-5-4-8-10-6-2-1-3-7-10;1-2-3;1-2/h1-3,6-7,9H,4-5,8H2;2H,1H3;1-2H3. The molecule has 0 radical (unpaired) electrons. The third-order valence-electron chi connectivity index (χ3n) is 1.63. The van der Waals surface area contributed by atoms with Crippen molar-refractivity contribution < 1.29 is 9.59 Å². The number of aldehydes is 2. The molecule has 90 valence electrons. The van der Waals surface area contributed by atoms with Gasteiger partial charge in [-0.3, -0.25) is 0 Å². The molecule has 0 saturated carbocycles. The molecule has 1 aromatic rings. The lowest BCUT2D eigenvalue weighted by Gasteiger charge is -1.96. The zero-order valence-corrected chi connectivity index (χ0v) is 10.5. The lowest BCUT2D eigenvalue weighted by atomic mass is 10.1. The average Bonchev–Trinajstić information content (AvgIpc) is 2.34. The second kappa shape index (κ2) is 16.0. The number of carbonyl (C=O) groups excluding carboxylic acids is 2. The SMILES string of the molecule is CC.CC=O.O=CCCCc1ccccc1. The van der Waals surface area contributed by atoms with Crippen molar-refractivity contribution in [3.63, 3.8) is 0 Å². The normalized spacial score (nSPS) is 7.69. The molecule has 0 bridgehead atoms. The van der Waals surface area contributed by atoms with Crippen molar-refractivity contribution in [1.29, 1.82) is 0 Å². The molecule has 0 atom stereocenters. The van der Waals surface area contributed by atoms with Gasteiger partial charge in [0, 0.05) is 6.42 Å². The van der Waals surface area contributed by atoms with Crippen LogP contribution in [0.15, 0.2) is 30.3 Å². The van der Waals surface area contributed by atoms with E-state index in [0.29, 0.717) is 6.42 Å². The summed E-state index contributed by atoms with van der Waals surface area (Å²) in [5.74, 6) is 0. The zero-order chi connectivity index (χ0) is 12.6. The van der Waals surface area contributed by atoms with Crippen molar-refractivity contribution in [1.82, 2.24) is 0 Å². The summed E-state index contributed by atoms with van der Waals surface area (Å²) in [6.45, 7) is 5.44. The summed E-state index contributed by atoms with van der Waals surface area (Å²) in [7, 11) is 0. The van der Waals surface area contributed by atoms with Gasteiger partial charge in [-0.15, -0.1) is 0 Å². The predicted molar refractivity (Wildman–Crippen MR) is 68.5 cm³/mol. The highest BCUT2D eigenvalue weighted by Gasteiger charge is 1.89. The Morgan fingerprint density at radius 2 is 1.56 bits per heavy atom. The van der Waals surface area contributed by atoms with Gasteiger partial charge in [-0.2, -0.15) is 0 Å². The second-order valence-electron chi connectivity index (χ2n) is 2.78. The van der Waals surface area contributed by atoms with E-state index in [0.717, 1.165) is 25.4 Å². The number of benzene rings is 1. The van der Waals surface area contributed by atoms with Crippen LogP contribution in [0.5, 0.6) is 0 Å². The topological polar surface area (TPSA) is 34.1 Å². The molecule has 0 fully saturated rings. The number of rotatable bonds is 4. The molecule has 0 N–H and O–H groups in total. The van der Waals surface area contributed by atoms with Crippen molar-refractivity contribution in [2.75, 3.05) is 0 Å². The van der Waals surface area contributed by atoms with Gasteiger partial charge >= 0.3 is 0 Å². The Labute approximate surface area is 98.7 Å². The molecule has 2 nitrogen and oxygen atoms in total. The largest absolute Gasteiger partial charge is 0.304 e. The van der Waals surface area contributed by atoms with Gasteiger partial charge in [0.15, 0.2) is 0 Å². The van der Waals surface area contributed by atoms with Gasteiger partial charge in [0.1, 0.15) is 12.6 Å². The Hall–Kier alpha value is -1.44. The number of unbranched alkanes of at least 4 members (excludes halogenated alkanes) is 1. The Bertz CT molecular complexity index is 242. The average molecular weight is 222 g/mol. The van der Waals surface area contributed by atoms with Crippen molar-refractivity contribution >= 4 is 12.6 Å². The molecule has 16 heavy (non-hydrogen) atoms. The van der Waals surface area contributed by atoms with Crippen LogP contribution in [0, 0.1) is 0 Å². The van der Waals surface area contributed by atoms with Crippen LogP contribution in [0.2, 0.25) is 0 Å². The molecule has 0 amide bonds. The lowest BCUT2D eigenvalue weighted by molar-refractivity contribution is -0.108. The maximum atomic E-state index is 10.00. The van der Waals surface area contributed by atoms with Gasteiger partial charge in [0.2, 0.25) is 0 Å². The first kappa shape index (κ1) is 17.0. The first-order valence-corrected chi connectivity index (χ1v) is 5.72. The van der Waals surface area contributed by atoms with Crippen LogP contribution in [0.3, 0.4) is 0 Å². The quantitative estimate of drug-likeness (QED) is 0.577. The van der Waals surface area contributed by atoms with Gasteiger partial charge in [-0.25, -0.2) is 0 Å². The minimum absolute atomic E-state index is 0.675. The molecular weight excluding hydrogens is 200 g/mol. The number of aryl methyl sites for hydroxylation is 1. The fraction of sp³-hybridized carbons (Fsp3) is 0.429. The van der Waals surface area contributed by atoms with Crippen molar-refractivity contribution in [2.24, 2.45) is 0 Å². The summed E-state index contributed by atoms with van der Waals surface area (Å²) < 4.78 is 0.